The molecular formula is C68H69NS. The molecule has 0 aromatic heterocycles. The van der Waals surface area contributed by atoms with Crippen molar-refractivity contribution in [2.24, 2.45) is 0 Å². The quantitative estimate of drug-likeness (QED) is 0.100. The Morgan fingerprint density at radius 1 is 0.371 bits per heavy atom. The van der Waals surface area contributed by atoms with Gasteiger partial charge in [0.25, 0.3) is 0 Å². The largest absolute Gasteiger partial charge is 0.398 e. The number of para-hydroxylation sites is 1. The van der Waals surface area contributed by atoms with Gasteiger partial charge in [0.1, 0.15) is 0 Å². The lowest BCUT2D eigenvalue weighted by atomic mass is 9.79. The van der Waals surface area contributed by atoms with E-state index in [1.54, 1.807) is 0 Å². The number of aryl methyl sites for hydroxylation is 1. The normalized spacial score (nSPS) is 11.6. The van der Waals surface area contributed by atoms with Crippen LogP contribution in [0.4, 0.5) is 5.69 Å². The van der Waals surface area contributed by atoms with Crippen molar-refractivity contribution in [1.29, 1.82) is 0 Å². The molecule has 2 heteroatoms. The number of rotatable bonds is 5. The van der Waals surface area contributed by atoms with Crippen LogP contribution in [0.25, 0.3) is 88.3 Å². The second kappa shape index (κ2) is 23.5. The zero-order chi connectivity index (χ0) is 49.8. The molecule has 10 aromatic rings. The summed E-state index contributed by atoms with van der Waals surface area (Å²) in [7, 11) is 0. The van der Waals surface area contributed by atoms with Crippen molar-refractivity contribution < 1.29 is 0 Å². The van der Waals surface area contributed by atoms with Crippen molar-refractivity contribution in [3.8, 4) is 66.8 Å². The molecule has 0 radical (unpaired) electrons. The molecule has 0 heterocycles. The Bertz CT molecular complexity index is 3250. The maximum absolute atomic E-state index is 5.44. The van der Waals surface area contributed by atoms with E-state index in [1.165, 1.54) is 118 Å². The van der Waals surface area contributed by atoms with E-state index in [0.29, 0.717) is 0 Å². The highest BCUT2D eigenvalue weighted by atomic mass is 32.1. The number of benzene rings is 10. The molecule has 0 unspecified atom stereocenters. The third-order valence-corrected chi connectivity index (χ3v) is 13.1. The Labute approximate surface area is 424 Å². The van der Waals surface area contributed by atoms with E-state index in [1.807, 2.05) is 38.1 Å². The van der Waals surface area contributed by atoms with Gasteiger partial charge in [-0.1, -0.05) is 256 Å². The minimum Gasteiger partial charge on any atom is -0.398 e. The smallest absolute Gasteiger partial charge is 0.0449 e. The average Bonchev–Trinajstić information content (AvgIpc) is 3.62. The lowest BCUT2D eigenvalue weighted by Crippen LogP contribution is -2.14. The van der Waals surface area contributed by atoms with Crippen LogP contribution in [0.3, 0.4) is 0 Å². The number of nitrogen functional groups attached to an aromatic ring is 1. The van der Waals surface area contributed by atoms with Gasteiger partial charge >= 0.3 is 0 Å². The van der Waals surface area contributed by atoms with Gasteiger partial charge in [-0.3, -0.25) is 0 Å². The van der Waals surface area contributed by atoms with Crippen LogP contribution in [-0.4, -0.2) is 0 Å². The number of nitrogens with two attached hydrogens (primary N) is 1. The number of thiol groups is 1. The van der Waals surface area contributed by atoms with Crippen molar-refractivity contribution in [3.05, 3.63) is 229 Å². The standard InChI is InChI=1S/C54H40.C6H7NS.2C3H8.C2H6/c1-35-18-20-40(21-19-35)43-30-31-45-47(32-43)53(42-28-24-39(25-29-42)37-14-8-5-9-15-37)49-34-51-46(44-16-10-11-17-50(44)54(51,2)3)33-48(49)52(45)41-26-22-38(23-27-41)36-12-6-4-7-13-36;7-5-3-1-2-4-6(5)8;2*1-3-2;1-2/h4-34H,1-3H3;1-4,8H,7H2;2*3H2,1-2H3;1-2H3. The van der Waals surface area contributed by atoms with E-state index >= 15 is 0 Å². The molecular weight excluding hydrogens is 863 g/mol. The minimum atomic E-state index is -0.120. The van der Waals surface area contributed by atoms with Crippen LogP contribution in [-0.2, 0) is 5.41 Å². The second-order valence-electron chi connectivity index (χ2n) is 18.4. The third kappa shape index (κ3) is 10.8. The highest BCUT2D eigenvalue weighted by Gasteiger charge is 2.36. The molecule has 0 aliphatic heterocycles. The Kier molecular flexibility index (Phi) is 17.0. The molecule has 0 saturated heterocycles. The number of hydrogen-bond acceptors (Lipinski definition) is 2. The second-order valence-corrected chi connectivity index (χ2v) is 18.8. The first kappa shape index (κ1) is 50.7. The first-order valence-corrected chi connectivity index (χ1v) is 25.6. The van der Waals surface area contributed by atoms with E-state index in [4.69, 9.17) is 5.73 Å². The fourth-order valence-electron chi connectivity index (χ4n) is 9.38. The van der Waals surface area contributed by atoms with E-state index in [0.717, 1.165) is 10.6 Å². The topological polar surface area (TPSA) is 26.0 Å². The van der Waals surface area contributed by atoms with E-state index in [-0.39, 0.29) is 5.41 Å². The predicted octanol–water partition coefficient (Wildman–Crippen LogP) is 20.4. The summed E-state index contributed by atoms with van der Waals surface area (Å²) in [6.07, 6.45) is 2.50. The lowest BCUT2D eigenvalue weighted by Gasteiger charge is -2.24. The Balaban J connectivity index is 0.000000393. The Morgan fingerprint density at radius 2 is 0.757 bits per heavy atom. The zero-order valence-electron chi connectivity index (χ0n) is 42.6. The lowest BCUT2D eigenvalue weighted by molar-refractivity contribution is 0.661. The van der Waals surface area contributed by atoms with Crippen LogP contribution in [0.1, 0.15) is 84.9 Å². The average molecular weight is 932 g/mol. The van der Waals surface area contributed by atoms with Gasteiger partial charge in [0.15, 0.2) is 0 Å². The molecule has 0 atom stereocenters. The molecule has 0 bridgehead atoms. The van der Waals surface area contributed by atoms with Crippen LogP contribution in [0.2, 0.25) is 0 Å². The van der Waals surface area contributed by atoms with Crippen LogP contribution in [0, 0.1) is 6.92 Å². The van der Waals surface area contributed by atoms with E-state index in [9.17, 15) is 0 Å². The van der Waals surface area contributed by atoms with Gasteiger partial charge < -0.3 is 5.73 Å². The predicted molar refractivity (Wildman–Crippen MR) is 312 cm³/mol. The molecule has 2 N–H and O–H groups in total. The maximum Gasteiger partial charge on any atom is 0.0449 e. The van der Waals surface area contributed by atoms with Crippen LogP contribution < -0.4 is 5.73 Å². The maximum atomic E-state index is 5.44. The summed E-state index contributed by atoms with van der Waals surface area (Å²) in [5, 5.41) is 5.10. The first-order valence-electron chi connectivity index (χ1n) is 25.2. The van der Waals surface area contributed by atoms with Crippen molar-refractivity contribution in [2.75, 3.05) is 5.73 Å². The van der Waals surface area contributed by atoms with Crippen LogP contribution in [0.5, 0.6) is 0 Å². The fourth-order valence-corrected chi connectivity index (χ4v) is 9.54. The van der Waals surface area contributed by atoms with Gasteiger partial charge in [0, 0.05) is 16.0 Å². The summed E-state index contributed by atoms with van der Waals surface area (Å²) in [4.78, 5) is 0.840. The molecule has 1 aliphatic rings. The number of anilines is 1. The van der Waals surface area contributed by atoms with Crippen molar-refractivity contribution in [1.82, 2.24) is 0 Å². The number of hydrogen-bond donors (Lipinski definition) is 2. The van der Waals surface area contributed by atoms with Crippen LogP contribution >= 0.6 is 12.6 Å². The summed E-state index contributed by atoms with van der Waals surface area (Å²) in [5.41, 5.74) is 25.2. The van der Waals surface area contributed by atoms with Gasteiger partial charge in [-0.15, -0.1) is 12.6 Å². The Hall–Kier alpha value is -7.13. The molecule has 0 saturated carbocycles. The zero-order valence-corrected chi connectivity index (χ0v) is 43.5. The Morgan fingerprint density at radius 3 is 1.27 bits per heavy atom. The molecule has 0 spiro atoms. The van der Waals surface area contributed by atoms with Crippen molar-refractivity contribution in [2.45, 2.75) is 85.5 Å². The van der Waals surface area contributed by atoms with E-state index in [2.05, 4.69) is 249 Å². The molecule has 10 aromatic carbocycles. The van der Waals surface area contributed by atoms with Crippen molar-refractivity contribution in [3.63, 3.8) is 0 Å². The van der Waals surface area contributed by atoms with Gasteiger partial charge in [0.2, 0.25) is 0 Å². The summed E-state index contributed by atoms with van der Waals surface area (Å²) in [6.45, 7) is 19.4. The highest BCUT2D eigenvalue weighted by molar-refractivity contribution is 7.80. The summed E-state index contributed by atoms with van der Waals surface area (Å²) in [6, 6.07) is 77.4. The monoisotopic (exact) mass is 932 g/mol. The minimum absolute atomic E-state index is 0.120. The van der Waals surface area contributed by atoms with Gasteiger partial charge in [0.05, 0.1) is 0 Å². The summed E-state index contributed by atoms with van der Waals surface area (Å²) >= 11 is 4.07. The molecule has 11 rings (SSSR count). The molecule has 352 valence electrons. The summed E-state index contributed by atoms with van der Waals surface area (Å²) < 4.78 is 0. The number of fused-ring (bicyclic) bond motifs is 5. The SMILES string of the molecule is CC.CCC.CCC.Cc1ccc(-c2ccc3c(-c4ccc(-c5ccccc5)cc4)c4cc5c(cc4c(-c4ccc(-c6ccccc6)cc4)c3c2)C(C)(C)c2ccccc2-5)cc1.Nc1ccccc1S. The highest BCUT2D eigenvalue weighted by Crippen LogP contribution is 2.53. The summed E-state index contributed by atoms with van der Waals surface area (Å²) in [5.74, 6) is 0. The molecule has 0 amide bonds. The van der Waals surface area contributed by atoms with Gasteiger partial charge in [-0.25, -0.2) is 0 Å². The first-order chi connectivity index (χ1) is 34.1. The van der Waals surface area contributed by atoms with Crippen LogP contribution in [0.15, 0.2) is 217 Å². The van der Waals surface area contributed by atoms with Gasteiger partial charge in [-0.2, -0.15) is 0 Å². The van der Waals surface area contributed by atoms with E-state index < -0.39 is 0 Å². The molecule has 1 aliphatic carbocycles. The molecule has 70 heavy (non-hydrogen) atoms. The fraction of sp³-hybridized carbons (Fsp3) is 0.176. The van der Waals surface area contributed by atoms with Gasteiger partial charge in [-0.05, 0) is 137 Å². The molecule has 1 nitrogen and oxygen atoms in total. The van der Waals surface area contributed by atoms with Crippen molar-refractivity contribution >= 4 is 39.9 Å². The third-order valence-electron chi connectivity index (χ3n) is 12.7. The molecule has 0 fully saturated rings.